The molecule has 0 N–H and O–H groups in total. The molecule has 0 heterocycles. The van der Waals surface area contributed by atoms with Crippen molar-refractivity contribution in [1.29, 1.82) is 0 Å². The van der Waals surface area contributed by atoms with E-state index in [-0.39, 0.29) is 21.7 Å². The van der Waals surface area contributed by atoms with Gasteiger partial charge in [-0.05, 0) is 12.8 Å². The van der Waals surface area contributed by atoms with E-state index in [2.05, 4.69) is 126 Å². The standard InChI is InChI=1S/2C13H9.2C4H9.C2H7Si.Ti/c2*1-3-7-12-10(5-1)9-11-6-2-4-8-13(11)12;2*1-3-4-2;1-3-2;/h2*1-5,7-8H,9H2;2*1,3-4H2,2H3;3H,1-2H3;/q4*-1;;+4. The molecule has 2 aliphatic carbocycles. The van der Waals surface area contributed by atoms with E-state index in [0.29, 0.717) is 0 Å². The molecule has 4 aromatic carbocycles. The Balaban J connectivity index is 0.000000272. The van der Waals surface area contributed by atoms with Gasteiger partial charge in [-0.1, -0.05) is 111 Å². The smallest absolute Gasteiger partial charge is 0.343 e. The van der Waals surface area contributed by atoms with Crippen molar-refractivity contribution < 1.29 is 21.7 Å². The summed E-state index contributed by atoms with van der Waals surface area (Å²) >= 11 is 0. The summed E-state index contributed by atoms with van der Waals surface area (Å²) in [7, 11) is 0.750. The molecule has 0 aliphatic heterocycles. The van der Waals surface area contributed by atoms with E-state index in [0.717, 1.165) is 35.2 Å². The molecule has 1 radical (unpaired) electrons. The average molecular weight is 552 g/mol. The number of fused-ring (bicyclic) bond motifs is 6. The minimum atomic E-state index is 0. The van der Waals surface area contributed by atoms with Crippen molar-refractivity contribution in [2.75, 3.05) is 0 Å². The van der Waals surface area contributed by atoms with Crippen molar-refractivity contribution >= 4 is 9.52 Å². The molecule has 0 spiro atoms. The van der Waals surface area contributed by atoms with Crippen LogP contribution in [0.5, 0.6) is 0 Å². The minimum Gasteiger partial charge on any atom is -0.343 e. The van der Waals surface area contributed by atoms with Gasteiger partial charge in [0.05, 0.1) is 0 Å². The van der Waals surface area contributed by atoms with Crippen LogP contribution in [0.1, 0.15) is 61.8 Å². The first-order chi connectivity index (χ1) is 18.1. The second-order valence-electron chi connectivity index (χ2n) is 9.08. The van der Waals surface area contributed by atoms with Crippen LogP contribution >= 0.6 is 0 Å². The number of hydrogen-bond donors (Lipinski definition) is 0. The van der Waals surface area contributed by atoms with Crippen LogP contribution in [0.4, 0.5) is 0 Å². The third-order valence-corrected chi connectivity index (χ3v) is 5.94. The monoisotopic (exact) mass is 551 g/mol. The van der Waals surface area contributed by atoms with E-state index in [4.69, 9.17) is 0 Å². The second kappa shape index (κ2) is 19.8. The molecule has 0 saturated carbocycles. The first kappa shape index (κ1) is 33.8. The largest absolute Gasteiger partial charge is 4.00 e. The van der Waals surface area contributed by atoms with Crippen molar-refractivity contribution in [3.05, 3.63) is 133 Å². The Kier molecular flexibility index (Phi) is 17.6. The molecule has 0 unspecified atom stereocenters. The van der Waals surface area contributed by atoms with Crippen LogP contribution in [-0.4, -0.2) is 9.52 Å². The Bertz CT molecular complexity index is 997. The summed E-state index contributed by atoms with van der Waals surface area (Å²) in [4.78, 5) is 0. The molecule has 195 valence electrons. The van der Waals surface area contributed by atoms with Gasteiger partial charge < -0.3 is 13.8 Å². The number of unbranched alkanes of at least 4 members (excludes halogenated alkanes) is 2. The molecule has 0 saturated heterocycles. The van der Waals surface area contributed by atoms with E-state index in [1.165, 1.54) is 57.3 Å². The number of benzene rings is 4. The predicted molar refractivity (Wildman–Crippen MR) is 166 cm³/mol. The van der Waals surface area contributed by atoms with E-state index < -0.39 is 0 Å². The van der Waals surface area contributed by atoms with E-state index in [9.17, 15) is 0 Å². The Hall–Kier alpha value is -2.19. The molecule has 38 heavy (non-hydrogen) atoms. The van der Waals surface area contributed by atoms with Gasteiger partial charge in [0, 0.05) is 9.52 Å². The summed E-state index contributed by atoms with van der Waals surface area (Å²) in [5.41, 5.74) is 11.0. The molecule has 4 aromatic rings. The topological polar surface area (TPSA) is 0 Å². The molecular weight excluding hydrogens is 508 g/mol. The Morgan fingerprint density at radius 2 is 0.921 bits per heavy atom. The van der Waals surface area contributed by atoms with Crippen LogP contribution in [0.3, 0.4) is 0 Å². The Labute approximate surface area is 251 Å². The predicted octanol–water partition coefficient (Wildman–Crippen LogP) is 9.87. The van der Waals surface area contributed by atoms with Gasteiger partial charge in [0.15, 0.2) is 0 Å². The summed E-state index contributed by atoms with van der Waals surface area (Å²) in [6, 6.07) is 36.2. The summed E-state index contributed by atoms with van der Waals surface area (Å²) in [5, 5.41) is 0. The minimum absolute atomic E-state index is 0. The van der Waals surface area contributed by atoms with Gasteiger partial charge in [0.2, 0.25) is 0 Å². The van der Waals surface area contributed by atoms with Crippen LogP contribution in [0.2, 0.25) is 13.1 Å². The van der Waals surface area contributed by atoms with E-state index >= 15 is 0 Å². The zero-order chi connectivity index (χ0) is 26.9. The molecule has 2 heteroatoms. The van der Waals surface area contributed by atoms with E-state index in [1.54, 1.807) is 0 Å². The summed E-state index contributed by atoms with van der Waals surface area (Å²) in [6.45, 7) is 15.9. The van der Waals surface area contributed by atoms with Gasteiger partial charge in [0.1, 0.15) is 0 Å². The van der Waals surface area contributed by atoms with Crippen LogP contribution < -0.4 is 0 Å². The molecule has 0 nitrogen and oxygen atoms in total. The van der Waals surface area contributed by atoms with Gasteiger partial charge >= 0.3 is 21.7 Å². The zero-order valence-corrected chi connectivity index (χ0v) is 26.5. The zero-order valence-electron chi connectivity index (χ0n) is 23.8. The SMILES string of the molecule is C[SiH]C.[CH2-]CCC.[CH2-]CCC.[Ti+4].[c-]1cccc2c1Cc1ccccc1-2.[c-]1cccc2c1Cc1ccccc1-2. The van der Waals surface area contributed by atoms with Crippen LogP contribution in [0.25, 0.3) is 22.3 Å². The molecule has 0 fully saturated rings. The molecule has 0 atom stereocenters. The summed E-state index contributed by atoms with van der Waals surface area (Å²) < 4.78 is 0. The van der Waals surface area contributed by atoms with Gasteiger partial charge in [-0.25, -0.2) is 0 Å². The normalized spacial score (nSPS) is 10.5. The first-order valence-electron chi connectivity index (χ1n) is 13.6. The van der Waals surface area contributed by atoms with E-state index in [1.807, 2.05) is 12.1 Å². The van der Waals surface area contributed by atoms with Gasteiger partial charge in [-0.15, -0.1) is 11.1 Å². The van der Waals surface area contributed by atoms with Crippen molar-refractivity contribution in [1.82, 2.24) is 0 Å². The first-order valence-corrected chi connectivity index (χ1v) is 15.9. The fourth-order valence-corrected chi connectivity index (χ4v) is 4.00. The molecule has 0 aromatic heterocycles. The molecule has 0 bridgehead atoms. The maximum absolute atomic E-state index is 3.60. The summed E-state index contributed by atoms with van der Waals surface area (Å²) in [5.74, 6) is 0. The van der Waals surface area contributed by atoms with Crippen molar-refractivity contribution in [3.63, 3.8) is 0 Å². The van der Waals surface area contributed by atoms with Gasteiger partial charge in [0.25, 0.3) is 0 Å². The second-order valence-corrected chi connectivity index (χ2v) is 10.2. The Morgan fingerprint density at radius 1 is 0.605 bits per heavy atom. The summed E-state index contributed by atoms with van der Waals surface area (Å²) in [6.07, 6.45) is 6.65. The third kappa shape index (κ3) is 10.2. The fourth-order valence-electron chi connectivity index (χ4n) is 4.00. The quantitative estimate of drug-likeness (QED) is 0.148. The average Bonchev–Trinajstić information content (AvgIpc) is 3.52. The van der Waals surface area contributed by atoms with Crippen LogP contribution in [-0.2, 0) is 34.6 Å². The van der Waals surface area contributed by atoms with Crippen molar-refractivity contribution in [3.8, 4) is 22.3 Å². The van der Waals surface area contributed by atoms with Crippen LogP contribution in [0.15, 0.2) is 84.9 Å². The van der Waals surface area contributed by atoms with Crippen LogP contribution in [0, 0.1) is 26.0 Å². The van der Waals surface area contributed by atoms with Crippen molar-refractivity contribution in [2.24, 2.45) is 0 Å². The van der Waals surface area contributed by atoms with Gasteiger partial charge in [-0.2, -0.15) is 72.5 Å². The maximum Gasteiger partial charge on any atom is 4.00 e. The molecular formula is C36H43SiTi. The molecule has 2 aliphatic rings. The van der Waals surface area contributed by atoms with Crippen molar-refractivity contribution in [2.45, 2.75) is 65.5 Å². The fraction of sp³-hybridized carbons (Fsp3) is 0.278. The maximum atomic E-state index is 3.60. The molecule has 0 amide bonds. The molecule has 6 rings (SSSR count). The Morgan fingerprint density at radius 3 is 1.26 bits per heavy atom. The number of rotatable bonds is 2. The number of hydrogen-bond acceptors (Lipinski definition) is 0. The third-order valence-electron chi connectivity index (χ3n) is 5.94. The van der Waals surface area contributed by atoms with Gasteiger partial charge in [-0.3, -0.25) is 0 Å².